The average molecular weight is 205 g/mol. The summed E-state index contributed by atoms with van der Waals surface area (Å²) in [7, 11) is 0. The quantitative estimate of drug-likeness (QED) is 0.654. The van der Waals surface area contributed by atoms with E-state index in [1.54, 1.807) is 12.1 Å². The Morgan fingerprint density at radius 3 is 2.87 bits per heavy atom. The Kier molecular flexibility index (Phi) is 1.59. The van der Waals surface area contributed by atoms with Gasteiger partial charge in [0.15, 0.2) is 5.78 Å². The second kappa shape index (κ2) is 2.73. The van der Waals surface area contributed by atoms with Crippen molar-refractivity contribution < 1.29 is 14.6 Å². The van der Waals surface area contributed by atoms with E-state index in [0.717, 1.165) is 0 Å². The zero-order valence-corrected chi connectivity index (χ0v) is 8.12. The Hall–Kier alpha value is -1.55. The minimum Gasteiger partial charge on any atom is -0.507 e. The van der Waals surface area contributed by atoms with Gasteiger partial charge in [-0.25, -0.2) is 0 Å². The third kappa shape index (κ3) is 1.15. The maximum atomic E-state index is 11.8. The first-order chi connectivity index (χ1) is 7.20. The fourth-order valence-corrected chi connectivity index (χ4v) is 2.14. The average Bonchev–Trinajstić information content (AvgIpc) is 2.14. The van der Waals surface area contributed by atoms with Crippen molar-refractivity contribution in [3.05, 3.63) is 23.8 Å². The highest BCUT2D eigenvalue weighted by Crippen LogP contribution is 2.39. The molecule has 0 aliphatic carbocycles. The molecule has 0 amide bonds. The monoisotopic (exact) mass is 205 g/mol. The normalized spacial score (nSPS) is 21.7. The fourth-order valence-electron chi connectivity index (χ4n) is 2.14. The molecule has 2 aliphatic rings. The standard InChI is InChI=1S/C11H11NO3/c13-7-2-1-3-9-10(7)8(14)4-11(15-9)5-12-6-11/h1-3,12-13H,4-6H2. The zero-order chi connectivity index (χ0) is 10.5. The van der Waals surface area contributed by atoms with Gasteiger partial charge in [-0.2, -0.15) is 0 Å². The molecule has 15 heavy (non-hydrogen) atoms. The fraction of sp³-hybridized carbons (Fsp3) is 0.364. The molecular formula is C11H11NO3. The summed E-state index contributed by atoms with van der Waals surface area (Å²) in [5.74, 6) is 0.489. The van der Waals surface area contributed by atoms with Crippen LogP contribution in [0.3, 0.4) is 0 Å². The third-order valence-electron chi connectivity index (χ3n) is 2.99. The number of nitrogens with one attached hydrogen (secondary N) is 1. The molecular weight excluding hydrogens is 194 g/mol. The molecule has 0 bridgehead atoms. The number of rotatable bonds is 0. The summed E-state index contributed by atoms with van der Waals surface area (Å²) in [6.45, 7) is 1.40. The SMILES string of the molecule is O=C1CC2(CNC2)Oc2cccc(O)c21. The first-order valence-corrected chi connectivity index (χ1v) is 4.95. The number of aromatic hydroxyl groups is 1. The van der Waals surface area contributed by atoms with Gasteiger partial charge in [0.05, 0.1) is 6.42 Å². The summed E-state index contributed by atoms with van der Waals surface area (Å²) >= 11 is 0. The van der Waals surface area contributed by atoms with Gasteiger partial charge in [-0.1, -0.05) is 6.07 Å². The lowest BCUT2D eigenvalue weighted by atomic mass is 9.85. The van der Waals surface area contributed by atoms with E-state index in [2.05, 4.69) is 5.32 Å². The van der Waals surface area contributed by atoms with Crippen molar-refractivity contribution in [1.29, 1.82) is 0 Å². The summed E-state index contributed by atoms with van der Waals surface area (Å²) in [6, 6.07) is 4.93. The molecule has 1 saturated heterocycles. The molecule has 4 nitrogen and oxygen atoms in total. The molecule has 0 aromatic heterocycles. The molecule has 4 heteroatoms. The maximum absolute atomic E-state index is 11.8. The molecule has 2 aliphatic heterocycles. The molecule has 1 spiro atoms. The Bertz CT molecular complexity index is 437. The Morgan fingerprint density at radius 1 is 1.40 bits per heavy atom. The van der Waals surface area contributed by atoms with Crippen molar-refractivity contribution in [2.75, 3.05) is 13.1 Å². The van der Waals surface area contributed by atoms with E-state index >= 15 is 0 Å². The first-order valence-electron chi connectivity index (χ1n) is 4.95. The minimum atomic E-state index is -0.363. The second-order valence-corrected chi connectivity index (χ2v) is 4.14. The van der Waals surface area contributed by atoms with Crippen LogP contribution >= 0.6 is 0 Å². The van der Waals surface area contributed by atoms with Crippen LogP contribution in [-0.2, 0) is 0 Å². The maximum Gasteiger partial charge on any atom is 0.174 e. The lowest BCUT2D eigenvalue weighted by Gasteiger charge is -2.44. The van der Waals surface area contributed by atoms with Crippen LogP contribution in [0, 0.1) is 0 Å². The number of fused-ring (bicyclic) bond motifs is 1. The number of ether oxygens (including phenoxy) is 1. The number of phenols is 1. The zero-order valence-electron chi connectivity index (χ0n) is 8.12. The number of Topliss-reactive ketones (excluding diaryl/α,β-unsaturated/α-hetero) is 1. The largest absolute Gasteiger partial charge is 0.507 e. The smallest absolute Gasteiger partial charge is 0.174 e. The van der Waals surface area contributed by atoms with Gasteiger partial charge in [-0.05, 0) is 12.1 Å². The molecule has 0 unspecified atom stereocenters. The van der Waals surface area contributed by atoms with Gasteiger partial charge in [0.1, 0.15) is 22.7 Å². The van der Waals surface area contributed by atoms with Crippen LogP contribution in [0.15, 0.2) is 18.2 Å². The number of carbonyl (C=O) groups excluding carboxylic acids is 1. The van der Waals surface area contributed by atoms with Crippen molar-refractivity contribution in [2.45, 2.75) is 12.0 Å². The molecule has 0 atom stereocenters. The number of ketones is 1. The lowest BCUT2D eigenvalue weighted by molar-refractivity contribution is 0.00205. The van der Waals surface area contributed by atoms with E-state index < -0.39 is 0 Å². The lowest BCUT2D eigenvalue weighted by Crippen LogP contribution is -2.65. The second-order valence-electron chi connectivity index (χ2n) is 4.14. The van der Waals surface area contributed by atoms with Crippen LogP contribution in [0.2, 0.25) is 0 Å². The molecule has 3 rings (SSSR count). The number of phenolic OH excluding ortho intramolecular Hbond substituents is 1. The van der Waals surface area contributed by atoms with Gasteiger partial charge in [-0.15, -0.1) is 0 Å². The molecule has 0 radical (unpaired) electrons. The number of hydrogen-bond donors (Lipinski definition) is 2. The Balaban J connectivity index is 2.08. The minimum absolute atomic E-state index is 0.0135. The van der Waals surface area contributed by atoms with Crippen LogP contribution in [0.25, 0.3) is 0 Å². The van der Waals surface area contributed by atoms with E-state index in [9.17, 15) is 9.90 Å². The van der Waals surface area contributed by atoms with E-state index in [1.165, 1.54) is 6.07 Å². The van der Waals surface area contributed by atoms with Crippen LogP contribution in [0.5, 0.6) is 11.5 Å². The number of hydrogen-bond acceptors (Lipinski definition) is 4. The van der Waals surface area contributed by atoms with Crippen LogP contribution < -0.4 is 10.1 Å². The molecule has 78 valence electrons. The summed E-state index contributed by atoms with van der Waals surface area (Å²) in [4.78, 5) is 11.8. The summed E-state index contributed by atoms with van der Waals surface area (Å²) in [6.07, 6.45) is 0.352. The van der Waals surface area contributed by atoms with E-state index in [4.69, 9.17) is 4.74 Å². The van der Waals surface area contributed by atoms with Crippen molar-refractivity contribution >= 4 is 5.78 Å². The van der Waals surface area contributed by atoms with Gasteiger partial charge in [0.25, 0.3) is 0 Å². The van der Waals surface area contributed by atoms with Crippen LogP contribution in [-0.4, -0.2) is 29.6 Å². The van der Waals surface area contributed by atoms with Gasteiger partial charge in [0.2, 0.25) is 0 Å². The molecule has 0 saturated carbocycles. The van der Waals surface area contributed by atoms with Gasteiger partial charge < -0.3 is 15.2 Å². The van der Waals surface area contributed by atoms with E-state index in [-0.39, 0.29) is 17.1 Å². The Labute approximate surface area is 86.9 Å². The highest BCUT2D eigenvalue weighted by Gasteiger charge is 2.46. The van der Waals surface area contributed by atoms with Gasteiger partial charge >= 0.3 is 0 Å². The molecule has 1 aromatic carbocycles. The van der Waals surface area contributed by atoms with Gasteiger partial charge in [0, 0.05) is 13.1 Å². The van der Waals surface area contributed by atoms with Crippen LogP contribution in [0.1, 0.15) is 16.8 Å². The van der Waals surface area contributed by atoms with E-state index in [1.807, 2.05) is 0 Å². The van der Waals surface area contributed by atoms with Crippen molar-refractivity contribution in [3.8, 4) is 11.5 Å². The third-order valence-corrected chi connectivity index (χ3v) is 2.99. The highest BCUT2D eigenvalue weighted by atomic mass is 16.5. The van der Waals surface area contributed by atoms with Crippen molar-refractivity contribution in [2.24, 2.45) is 0 Å². The van der Waals surface area contributed by atoms with E-state index in [0.29, 0.717) is 30.8 Å². The first kappa shape index (κ1) is 8.73. The topological polar surface area (TPSA) is 58.6 Å². The molecule has 1 aromatic rings. The molecule has 2 heterocycles. The summed E-state index contributed by atoms with van der Waals surface area (Å²) in [5, 5.41) is 12.7. The summed E-state index contributed by atoms with van der Waals surface area (Å²) in [5.41, 5.74) is -0.0345. The predicted molar refractivity (Wildman–Crippen MR) is 53.3 cm³/mol. The number of benzene rings is 1. The Morgan fingerprint density at radius 2 is 2.20 bits per heavy atom. The van der Waals surface area contributed by atoms with Crippen molar-refractivity contribution in [1.82, 2.24) is 5.32 Å². The highest BCUT2D eigenvalue weighted by molar-refractivity contribution is 6.02. The van der Waals surface area contributed by atoms with Gasteiger partial charge in [-0.3, -0.25) is 4.79 Å². The molecule has 1 fully saturated rings. The molecule has 2 N–H and O–H groups in total. The van der Waals surface area contributed by atoms with Crippen molar-refractivity contribution in [3.63, 3.8) is 0 Å². The predicted octanol–water partition coefficient (Wildman–Crippen LogP) is 0.699. The number of carbonyl (C=O) groups is 1. The van der Waals surface area contributed by atoms with Crippen LogP contribution in [0.4, 0.5) is 0 Å². The summed E-state index contributed by atoms with van der Waals surface area (Å²) < 4.78 is 5.76.